The smallest absolute Gasteiger partial charge is 0.324 e. The van der Waals surface area contributed by atoms with E-state index < -0.39 is 10.6 Å². The molecular formula is C16H12N8O2S. The Bertz CT molecular complexity index is 1080. The van der Waals surface area contributed by atoms with E-state index in [4.69, 9.17) is 10.5 Å². The van der Waals surface area contributed by atoms with Crippen LogP contribution in [0.15, 0.2) is 24.5 Å². The fourth-order valence-corrected chi connectivity index (χ4v) is 3.42. The number of hydrogen-bond donors (Lipinski definition) is 1. The molecule has 27 heavy (non-hydrogen) atoms. The number of thiazole rings is 1. The second-order valence-electron chi connectivity index (χ2n) is 5.39. The quantitative estimate of drug-likeness (QED) is 0.387. The zero-order valence-corrected chi connectivity index (χ0v) is 14.9. The van der Waals surface area contributed by atoms with Gasteiger partial charge in [-0.2, -0.15) is 10.5 Å². The second-order valence-corrected chi connectivity index (χ2v) is 6.42. The number of nitriles is 2. The summed E-state index contributed by atoms with van der Waals surface area (Å²) in [6.45, 7) is 1.50. The fourth-order valence-electron chi connectivity index (χ4n) is 2.48. The SMILES string of the molecule is Cc1cccc2sc(Nc3ncnc(N(CC#N)CC#N)c3[N+](=O)[O-])nc12. The molecule has 2 heterocycles. The summed E-state index contributed by atoms with van der Waals surface area (Å²) in [4.78, 5) is 24.6. The lowest BCUT2D eigenvalue weighted by atomic mass is 10.2. The van der Waals surface area contributed by atoms with Crippen molar-refractivity contribution in [3.8, 4) is 12.1 Å². The molecule has 0 aliphatic heterocycles. The average Bonchev–Trinajstić information content (AvgIpc) is 3.05. The van der Waals surface area contributed by atoms with Crippen molar-refractivity contribution in [2.75, 3.05) is 23.3 Å². The predicted octanol–water partition coefficient (Wildman–Crippen LogP) is 2.90. The number of fused-ring (bicyclic) bond motifs is 1. The Balaban J connectivity index is 2.05. The minimum atomic E-state index is -0.641. The van der Waals surface area contributed by atoms with E-state index in [1.165, 1.54) is 16.2 Å². The Kier molecular flexibility index (Phi) is 5.06. The van der Waals surface area contributed by atoms with Crippen LogP contribution in [-0.2, 0) is 0 Å². The Morgan fingerprint density at radius 2 is 2.04 bits per heavy atom. The molecule has 0 spiro atoms. The molecule has 3 aromatic rings. The van der Waals surface area contributed by atoms with Gasteiger partial charge in [-0.3, -0.25) is 10.1 Å². The van der Waals surface area contributed by atoms with Crippen LogP contribution in [0.2, 0.25) is 0 Å². The number of anilines is 3. The van der Waals surface area contributed by atoms with Crippen molar-refractivity contribution in [3.63, 3.8) is 0 Å². The van der Waals surface area contributed by atoms with Crippen LogP contribution in [0.4, 0.5) is 22.5 Å². The molecule has 0 saturated heterocycles. The van der Waals surface area contributed by atoms with Gasteiger partial charge in [0, 0.05) is 0 Å². The summed E-state index contributed by atoms with van der Waals surface area (Å²) in [6, 6.07) is 9.49. The summed E-state index contributed by atoms with van der Waals surface area (Å²) in [5, 5.41) is 32.8. The van der Waals surface area contributed by atoms with E-state index in [0.29, 0.717) is 5.13 Å². The molecule has 0 radical (unpaired) electrons. The van der Waals surface area contributed by atoms with Gasteiger partial charge < -0.3 is 10.2 Å². The Morgan fingerprint density at radius 3 is 2.67 bits per heavy atom. The first-order chi connectivity index (χ1) is 13.0. The maximum Gasteiger partial charge on any atom is 0.353 e. The lowest BCUT2D eigenvalue weighted by Crippen LogP contribution is -2.26. The number of nitrogens with zero attached hydrogens (tertiary/aromatic N) is 7. The van der Waals surface area contributed by atoms with Gasteiger partial charge in [0.2, 0.25) is 11.6 Å². The van der Waals surface area contributed by atoms with Gasteiger partial charge >= 0.3 is 5.69 Å². The molecule has 2 aromatic heterocycles. The highest BCUT2D eigenvalue weighted by Gasteiger charge is 2.27. The van der Waals surface area contributed by atoms with Crippen LogP contribution in [0.5, 0.6) is 0 Å². The summed E-state index contributed by atoms with van der Waals surface area (Å²) < 4.78 is 0.935. The number of benzene rings is 1. The molecular weight excluding hydrogens is 368 g/mol. The molecule has 0 fully saturated rings. The molecule has 0 amide bonds. The standard InChI is InChI=1S/C16H12N8O2S/c1-10-3-2-4-11-12(10)21-16(27-11)22-14-13(24(25)26)15(20-9-19-14)23(7-5-17)8-6-18/h2-4,9H,7-8H2,1H3,(H,19,20,21,22). The fraction of sp³-hybridized carbons (Fsp3) is 0.188. The van der Waals surface area contributed by atoms with Gasteiger partial charge in [-0.25, -0.2) is 15.0 Å². The molecule has 0 aliphatic rings. The molecule has 1 N–H and O–H groups in total. The first-order valence-corrected chi connectivity index (χ1v) is 8.48. The van der Waals surface area contributed by atoms with Gasteiger partial charge in [-0.1, -0.05) is 23.5 Å². The second kappa shape index (κ2) is 7.59. The molecule has 10 nitrogen and oxygen atoms in total. The van der Waals surface area contributed by atoms with E-state index in [1.54, 1.807) is 0 Å². The summed E-state index contributed by atoms with van der Waals surface area (Å²) in [5.74, 6) is -0.152. The molecule has 1 aromatic carbocycles. The number of para-hydroxylation sites is 1. The lowest BCUT2D eigenvalue weighted by Gasteiger charge is -2.17. The van der Waals surface area contributed by atoms with Crippen LogP contribution in [-0.4, -0.2) is 33.0 Å². The molecule has 3 rings (SSSR count). The highest BCUT2D eigenvalue weighted by molar-refractivity contribution is 7.22. The molecule has 0 aliphatic carbocycles. The van der Waals surface area contributed by atoms with Gasteiger partial charge in [0.15, 0.2) is 5.13 Å². The minimum Gasteiger partial charge on any atom is -0.324 e. The molecule has 0 saturated carbocycles. The maximum atomic E-state index is 11.6. The number of nitro groups is 1. The largest absolute Gasteiger partial charge is 0.353 e. The van der Waals surface area contributed by atoms with Crippen molar-refractivity contribution in [3.05, 3.63) is 40.2 Å². The van der Waals surface area contributed by atoms with Crippen molar-refractivity contribution < 1.29 is 4.92 Å². The predicted molar refractivity (Wildman–Crippen MR) is 99.8 cm³/mol. The van der Waals surface area contributed by atoms with Crippen LogP contribution >= 0.6 is 11.3 Å². The zero-order chi connectivity index (χ0) is 19.4. The Morgan fingerprint density at radius 1 is 1.30 bits per heavy atom. The molecule has 134 valence electrons. The van der Waals surface area contributed by atoms with Crippen LogP contribution in [0, 0.1) is 39.7 Å². The van der Waals surface area contributed by atoms with E-state index in [-0.39, 0.29) is 24.7 Å². The monoisotopic (exact) mass is 380 g/mol. The first kappa shape index (κ1) is 18.0. The summed E-state index contributed by atoms with van der Waals surface area (Å²) in [7, 11) is 0. The number of rotatable bonds is 6. The summed E-state index contributed by atoms with van der Waals surface area (Å²) in [5.41, 5.74) is 1.38. The highest BCUT2D eigenvalue weighted by atomic mass is 32.1. The normalized spacial score (nSPS) is 10.2. The number of aryl methyl sites for hydroxylation is 1. The van der Waals surface area contributed by atoms with Gasteiger partial charge in [0.05, 0.1) is 27.3 Å². The summed E-state index contributed by atoms with van der Waals surface area (Å²) >= 11 is 1.34. The van der Waals surface area contributed by atoms with E-state index in [1.807, 2.05) is 37.3 Å². The van der Waals surface area contributed by atoms with Gasteiger partial charge in [-0.05, 0) is 18.6 Å². The Labute approximate surface area is 157 Å². The maximum absolute atomic E-state index is 11.6. The molecule has 0 atom stereocenters. The lowest BCUT2D eigenvalue weighted by molar-refractivity contribution is -0.383. The van der Waals surface area contributed by atoms with Crippen LogP contribution in [0.3, 0.4) is 0 Å². The minimum absolute atomic E-state index is 0.0532. The average molecular weight is 380 g/mol. The van der Waals surface area contributed by atoms with Gasteiger partial charge in [0.1, 0.15) is 19.4 Å². The van der Waals surface area contributed by atoms with Crippen molar-refractivity contribution in [2.45, 2.75) is 6.92 Å². The van der Waals surface area contributed by atoms with Crippen LogP contribution in [0.1, 0.15) is 5.56 Å². The highest BCUT2D eigenvalue weighted by Crippen LogP contribution is 2.36. The topological polar surface area (TPSA) is 145 Å². The third-order valence-electron chi connectivity index (χ3n) is 3.65. The van der Waals surface area contributed by atoms with Crippen molar-refractivity contribution >= 4 is 44.0 Å². The van der Waals surface area contributed by atoms with Crippen molar-refractivity contribution in [1.29, 1.82) is 10.5 Å². The van der Waals surface area contributed by atoms with E-state index in [9.17, 15) is 10.1 Å². The third kappa shape index (κ3) is 3.58. The van der Waals surface area contributed by atoms with E-state index >= 15 is 0 Å². The zero-order valence-electron chi connectivity index (χ0n) is 14.1. The molecule has 0 unspecified atom stereocenters. The van der Waals surface area contributed by atoms with Crippen LogP contribution < -0.4 is 10.2 Å². The van der Waals surface area contributed by atoms with E-state index in [2.05, 4.69) is 20.3 Å². The van der Waals surface area contributed by atoms with Gasteiger partial charge in [-0.15, -0.1) is 0 Å². The Hall–Kier alpha value is -3.83. The number of hydrogen-bond acceptors (Lipinski definition) is 10. The van der Waals surface area contributed by atoms with Crippen molar-refractivity contribution in [2.24, 2.45) is 0 Å². The third-order valence-corrected chi connectivity index (χ3v) is 4.59. The molecule has 0 bridgehead atoms. The van der Waals surface area contributed by atoms with Crippen molar-refractivity contribution in [1.82, 2.24) is 15.0 Å². The van der Waals surface area contributed by atoms with Gasteiger partial charge in [0.25, 0.3) is 0 Å². The number of aromatic nitrogens is 3. The van der Waals surface area contributed by atoms with E-state index in [0.717, 1.165) is 22.1 Å². The molecule has 11 heteroatoms. The number of nitrogens with one attached hydrogen (secondary N) is 1. The summed E-state index contributed by atoms with van der Waals surface area (Å²) in [6.07, 6.45) is 1.14. The van der Waals surface area contributed by atoms with Crippen LogP contribution in [0.25, 0.3) is 10.2 Å². The first-order valence-electron chi connectivity index (χ1n) is 7.66.